The van der Waals surface area contributed by atoms with Gasteiger partial charge in [-0.2, -0.15) is 0 Å². The van der Waals surface area contributed by atoms with E-state index in [1.165, 1.54) is 31.4 Å². The van der Waals surface area contributed by atoms with Gasteiger partial charge in [-0.15, -0.1) is 0 Å². The monoisotopic (exact) mass is 420 g/mol. The maximum atomic E-state index is 12.7. The Kier molecular flexibility index (Phi) is 4.66. The molecule has 1 aliphatic rings. The summed E-state index contributed by atoms with van der Waals surface area (Å²) in [6, 6.07) is 8.60. The van der Waals surface area contributed by atoms with E-state index in [9.17, 15) is 18.0 Å². The molecule has 0 fully saturated rings. The molecule has 1 N–H and O–H groups in total. The highest BCUT2D eigenvalue weighted by molar-refractivity contribution is 7.92. The van der Waals surface area contributed by atoms with E-state index in [4.69, 9.17) is 13.9 Å². The molecule has 0 saturated heterocycles. The van der Waals surface area contributed by atoms with E-state index in [2.05, 4.69) is 9.46 Å². The summed E-state index contributed by atoms with van der Waals surface area (Å²) in [5.74, 6) is -0.446. The van der Waals surface area contributed by atoms with Crippen LogP contribution >= 0.6 is 0 Å². The van der Waals surface area contributed by atoms with Gasteiger partial charge >= 0.3 is 11.7 Å². The standard InChI is InChI=1S/C18H16N2O8S/c1-25-17(21)10-20-13-4-3-12(9-15(13)28-18(20)22)29(23,24)19-11-2-5-14-16(8-11)27-7-6-26-14/h2-5,8-9,19H,6-7,10H2,1H3. The Balaban J connectivity index is 1.65. The van der Waals surface area contributed by atoms with Gasteiger partial charge in [-0.25, -0.2) is 13.2 Å². The molecule has 0 radical (unpaired) electrons. The minimum absolute atomic E-state index is 0.0314. The van der Waals surface area contributed by atoms with E-state index in [1.807, 2.05) is 0 Å². The van der Waals surface area contributed by atoms with Gasteiger partial charge in [-0.3, -0.25) is 14.1 Å². The molecule has 0 aliphatic carbocycles. The average Bonchev–Trinajstić information content (AvgIpc) is 3.02. The van der Waals surface area contributed by atoms with Crippen molar-refractivity contribution in [3.63, 3.8) is 0 Å². The summed E-state index contributed by atoms with van der Waals surface area (Å²) in [7, 11) is -2.77. The number of carbonyl (C=O) groups is 1. The Morgan fingerprint density at radius 1 is 1.14 bits per heavy atom. The minimum atomic E-state index is -3.97. The van der Waals surface area contributed by atoms with Gasteiger partial charge in [0.1, 0.15) is 19.8 Å². The van der Waals surface area contributed by atoms with E-state index in [0.717, 1.165) is 4.57 Å². The number of benzene rings is 2. The maximum Gasteiger partial charge on any atom is 0.420 e. The number of hydrogen-bond acceptors (Lipinski definition) is 8. The zero-order valence-corrected chi connectivity index (χ0v) is 16.0. The molecule has 4 rings (SSSR count). The van der Waals surface area contributed by atoms with Crippen LogP contribution in [0.4, 0.5) is 5.69 Å². The first-order valence-corrected chi connectivity index (χ1v) is 9.98. The summed E-state index contributed by atoms with van der Waals surface area (Å²) in [6.45, 7) is 0.463. The number of esters is 1. The zero-order chi connectivity index (χ0) is 20.6. The van der Waals surface area contributed by atoms with Gasteiger partial charge in [0.15, 0.2) is 17.1 Å². The second-order valence-corrected chi connectivity index (χ2v) is 7.81. The molecule has 10 nitrogen and oxygen atoms in total. The Morgan fingerprint density at radius 3 is 2.66 bits per heavy atom. The molecule has 11 heteroatoms. The molecule has 152 valence electrons. The third kappa shape index (κ3) is 3.63. The summed E-state index contributed by atoms with van der Waals surface area (Å²) < 4.78 is 49.5. The van der Waals surface area contributed by atoms with Crippen molar-refractivity contribution in [1.29, 1.82) is 0 Å². The SMILES string of the molecule is COC(=O)Cn1c(=O)oc2cc(S(=O)(=O)Nc3ccc4c(c3)OCCO4)ccc21. The molecule has 0 bridgehead atoms. The van der Waals surface area contributed by atoms with Crippen molar-refractivity contribution >= 4 is 32.8 Å². The summed E-state index contributed by atoms with van der Waals surface area (Å²) in [4.78, 5) is 23.3. The number of rotatable bonds is 5. The van der Waals surface area contributed by atoms with Gasteiger partial charge in [-0.1, -0.05) is 0 Å². The van der Waals surface area contributed by atoms with Crippen molar-refractivity contribution in [3.8, 4) is 11.5 Å². The van der Waals surface area contributed by atoms with Crippen molar-refractivity contribution in [2.75, 3.05) is 25.0 Å². The zero-order valence-electron chi connectivity index (χ0n) is 15.2. The molecule has 1 aromatic heterocycles. The number of methoxy groups -OCH3 is 1. The first-order valence-electron chi connectivity index (χ1n) is 8.50. The highest BCUT2D eigenvalue weighted by Crippen LogP contribution is 2.33. The molecular weight excluding hydrogens is 404 g/mol. The summed E-state index contributed by atoms with van der Waals surface area (Å²) in [5, 5.41) is 0. The molecule has 2 heterocycles. The molecule has 0 atom stereocenters. The summed E-state index contributed by atoms with van der Waals surface area (Å²) in [5.41, 5.74) is 0.599. The van der Waals surface area contributed by atoms with Crippen LogP contribution in [0.25, 0.3) is 11.1 Å². The van der Waals surface area contributed by atoms with Crippen LogP contribution in [0.5, 0.6) is 11.5 Å². The van der Waals surface area contributed by atoms with Crippen molar-refractivity contribution < 1.29 is 31.8 Å². The number of fused-ring (bicyclic) bond motifs is 2. The van der Waals surface area contributed by atoms with Gasteiger partial charge in [0.2, 0.25) is 0 Å². The second kappa shape index (κ2) is 7.17. The molecule has 29 heavy (non-hydrogen) atoms. The van der Waals surface area contributed by atoms with E-state index in [1.54, 1.807) is 12.1 Å². The third-order valence-electron chi connectivity index (χ3n) is 4.26. The van der Waals surface area contributed by atoms with Gasteiger partial charge in [0, 0.05) is 12.1 Å². The van der Waals surface area contributed by atoms with Gasteiger partial charge in [0.05, 0.1) is 23.2 Å². The number of ether oxygens (including phenoxy) is 3. The lowest BCUT2D eigenvalue weighted by atomic mass is 10.3. The summed E-state index contributed by atoms with van der Waals surface area (Å²) >= 11 is 0. The van der Waals surface area contributed by atoms with Crippen LogP contribution in [0.3, 0.4) is 0 Å². The molecule has 3 aromatic rings. The fraction of sp³-hybridized carbons (Fsp3) is 0.222. The molecular formula is C18H16N2O8S. The fourth-order valence-electron chi connectivity index (χ4n) is 2.88. The summed E-state index contributed by atoms with van der Waals surface area (Å²) in [6.07, 6.45) is 0. The molecule has 0 spiro atoms. The molecule has 0 unspecified atom stereocenters. The van der Waals surface area contributed by atoms with E-state index in [-0.39, 0.29) is 22.5 Å². The van der Waals surface area contributed by atoms with Crippen LogP contribution in [-0.2, 0) is 26.1 Å². The lowest BCUT2D eigenvalue weighted by Gasteiger charge is -2.19. The van der Waals surface area contributed by atoms with Gasteiger partial charge in [-0.05, 0) is 24.3 Å². The quantitative estimate of drug-likeness (QED) is 0.613. The van der Waals surface area contributed by atoms with E-state index in [0.29, 0.717) is 30.4 Å². The first kappa shape index (κ1) is 18.9. The lowest BCUT2D eigenvalue weighted by Crippen LogP contribution is -2.20. The van der Waals surface area contributed by atoms with Crippen LogP contribution < -0.4 is 20.0 Å². The van der Waals surface area contributed by atoms with Crippen LogP contribution in [-0.4, -0.2) is 39.3 Å². The normalized spacial score (nSPS) is 13.3. The molecule has 1 aliphatic heterocycles. The number of hydrogen-bond donors (Lipinski definition) is 1. The number of nitrogens with one attached hydrogen (secondary N) is 1. The Labute approximate surface area is 164 Å². The van der Waals surface area contributed by atoms with Gasteiger partial charge < -0.3 is 18.6 Å². The lowest BCUT2D eigenvalue weighted by molar-refractivity contribution is -0.141. The molecule has 0 saturated carbocycles. The highest BCUT2D eigenvalue weighted by Gasteiger charge is 2.20. The van der Waals surface area contributed by atoms with Crippen molar-refractivity contribution in [2.24, 2.45) is 0 Å². The number of aromatic nitrogens is 1. The van der Waals surface area contributed by atoms with Crippen molar-refractivity contribution in [2.45, 2.75) is 11.4 Å². The number of nitrogens with zero attached hydrogens (tertiary/aromatic N) is 1. The Bertz CT molecular complexity index is 1260. The minimum Gasteiger partial charge on any atom is -0.486 e. The van der Waals surface area contributed by atoms with Gasteiger partial charge in [0.25, 0.3) is 10.0 Å². The smallest absolute Gasteiger partial charge is 0.420 e. The van der Waals surface area contributed by atoms with E-state index >= 15 is 0 Å². The second-order valence-electron chi connectivity index (χ2n) is 6.12. The van der Waals surface area contributed by atoms with Crippen LogP contribution in [0.2, 0.25) is 0 Å². The number of sulfonamides is 1. The topological polar surface area (TPSA) is 126 Å². The maximum absolute atomic E-state index is 12.7. The Hall–Kier alpha value is -3.47. The first-order chi connectivity index (χ1) is 13.9. The van der Waals surface area contributed by atoms with Crippen LogP contribution in [0, 0.1) is 0 Å². The highest BCUT2D eigenvalue weighted by atomic mass is 32.2. The number of oxazole rings is 1. The average molecular weight is 420 g/mol. The predicted octanol–water partition coefficient (Wildman–Crippen LogP) is 1.34. The van der Waals surface area contributed by atoms with Crippen LogP contribution in [0.1, 0.15) is 0 Å². The van der Waals surface area contributed by atoms with Crippen LogP contribution in [0.15, 0.2) is 50.5 Å². The third-order valence-corrected chi connectivity index (χ3v) is 5.64. The largest absolute Gasteiger partial charge is 0.486 e. The molecule has 2 aromatic carbocycles. The number of anilines is 1. The Morgan fingerprint density at radius 2 is 1.90 bits per heavy atom. The van der Waals surface area contributed by atoms with E-state index < -0.39 is 21.7 Å². The van der Waals surface area contributed by atoms with Crippen molar-refractivity contribution in [3.05, 3.63) is 46.9 Å². The fourth-order valence-corrected chi connectivity index (χ4v) is 3.94. The molecule has 0 amide bonds. The predicted molar refractivity (Wildman–Crippen MR) is 101 cm³/mol. The number of carbonyl (C=O) groups excluding carboxylic acids is 1. The van der Waals surface area contributed by atoms with Crippen molar-refractivity contribution in [1.82, 2.24) is 4.57 Å².